The van der Waals surface area contributed by atoms with Crippen LogP contribution in [0.2, 0.25) is 5.02 Å². The smallest absolute Gasteiger partial charge is 0.289 e. The number of ketones is 1. The van der Waals surface area contributed by atoms with Gasteiger partial charge in [-0.25, -0.2) is 4.39 Å². The Morgan fingerprint density at radius 3 is 2.27 bits per heavy atom. The molecular weight excluding hydrogens is 518 g/mol. The number of piperazine rings is 1. The van der Waals surface area contributed by atoms with Crippen molar-refractivity contribution in [2.75, 3.05) is 13.1 Å². The summed E-state index contributed by atoms with van der Waals surface area (Å²) < 4.78 is 15.1. The van der Waals surface area contributed by atoms with E-state index in [4.69, 9.17) is 17.3 Å². The fourth-order valence-corrected chi connectivity index (χ4v) is 5.53. The van der Waals surface area contributed by atoms with Gasteiger partial charge in [-0.15, -0.1) is 12.4 Å². The van der Waals surface area contributed by atoms with E-state index < -0.39 is 11.7 Å². The molecular formula is C27H31Cl2FN4O3. The van der Waals surface area contributed by atoms with Crippen LogP contribution in [0.15, 0.2) is 30.3 Å². The molecule has 1 fully saturated rings. The summed E-state index contributed by atoms with van der Waals surface area (Å²) in [4.78, 5) is 42.3. The molecule has 0 radical (unpaired) electrons. The van der Waals surface area contributed by atoms with Gasteiger partial charge in [0.15, 0.2) is 0 Å². The Hall–Kier alpha value is -2.94. The summed E-state index contributed by atoms with van der Waals surface area (Å²) >= 11 is 6.65. The number of aryl methyl sites for hydroxylation is 2. The molecule has 0 spiro atoms. The van der Waals surface area contributed by atoms with Gasteiger partial charge in [0.1, 0.15) is 5.82 Å². The van der Waals surface area contributed by atoms with Crippen molar-refractivity contribution in [3.05, 3.63) is 69.1 Å². The summed E-state index contributed by atoms with van der Waals surface area (Å²) in [6.45, 7) is 9.29. The second kappa shape index (κ2) is 10.8. The maximum Gasteiger partial charge on any atom is 0.289 e. The lowest BCUT2D eigenvalue weighted by Crippen LogP contribution is -2.57. The summed E-state index contributed by atoms with van der Waals surface area (Å²) in [5.74, 6) is -2.33. The molecule has 0 aliphatic carbocycles. The van der Waals surface area contributed by atoms with Crippen molar-refractivity contribution in [2.45, 2.75) is 46.3 Å². The van der Waals surface area contributed by atoms with Crippen LogP contribution in [-0.4, -0.2) is 57.1 Å². The van der Waals surface area contributed by atoms with Crippen LogP contribution in [-0.2, 0) is 18.4 Å². The minimum Gasteiger partial charge on any atom is -0.363 e. The summed E-state index contributed by atoms with van der Waals surface area (Å²) in [6.07, 6.45) is 0. The molecule has 0 bridgehead atoms. The fraction of sp³-hybridized carbons (Fsp3) is 0.370. The number of nitrogens with zero attached hydrogens (tertiary/aromatic N) is 3. The number of hydrogen-bond acceptors (Lipinski definition) is 4. The molecule has 1 aliphatic rings. The molecule has 0 saturated carbocycles. The van der Waals surface area contributed by atoms with Crippen LogP contribution in [0.4, 0.5) is 4.39 Å². The average Bonchev–Trinajstić information content (AvgIpc) is 3.07. The van der Waals surface area contributed by atoms with Gasteiger partial charge in [-0.05, 0) is 57.0 Å². The Labute approximate surface area is 226 Å². The van der Waals surface area contributed by atoms with E-state index in [9.17, 15) is 18.8 Å². The number of carbonyl (C=O) groups is 3. The molecule has 4 rings (SSSR count). The number of Topliss-reactive ketones (excluding diaryl/α,β-unsaturated/α-hetero) is 1. The van der Waals surface area contributed by atoms with Gasteiger partial charge in [0.05, 0.1) is 21.7 Å². The molecule has 3 aromatic rings. The molecule has 2 atom stereocenters. The van der Waals surface area contributed by atoms with E-state index in [1.807, 2.05) is 6.92 Å². The van der Waals surface area contributed by atoms with E-state index in [0.29, 0.717) is 47.4 Å². The zero-order valence-corrected chi connectivity index (χ0v) is 23.0. The number of primary amides is 1. The second-order valence-electron chi connectivity index (χ2n) is 9.68. The number of halogens is 3. The summed E-state index contributed by atoms with van der Waals surface area (Å²) in [5, 5.41) is 0.805. The average molecular weight is 549 g/mol. The van der Waals surface area contributed by atoms with Crippen LogP contribution >= 0.6 is 24.0 Å². The van der Waals surface area contributed by atoms with Gasteiger partial charge in [0, 0.05) is 49.8 Å². The van der Waals surface area contributed by atoms with Crippen molar-refractivity contribution in [2.24, 2.45) is 12.8 Å². The molecule has 37 heavy (non-hydrogen) atoms. The first kappa shape index (κ1) is 28.6. The molecule has 10 heteroatoms. The molecule has 1 aliphatic heterocycles. The van der Waals surface area contributed by atoms with Crippen LogP contribution in [0.1, 0.15) is 51.4 Å². The highest BCUT2D eigenvalue weighted by Gasteiger charge is 2.35. The van der Waals surface area contributed by atoms with Crippen molar-refractivity contribution in [1.29, 1.82) is 0 Å². The van der Waals surface area contributed by atoms with E-state index >= 15 is 0 Å². The lowest BCUT2D eigenvalue weighted by molar-refractivity contribution is -0.114. The highest BCUT2D eigenvalue weighted by Crippen LogP contribution is 2.36. The van der Waals surface area contributed by atoms with Gasteiger partial charge in [-0.1, -0.05) is 23.7 Å². The maximum atomic E-state index is 13.8. The Kier molecular flexibility index (Phi) is 8.37. The SMILES string of the molecule is Cc1c(C(=O)N2C[C@H](C)N(Cc3ccc(F)cc3)C[C@H]2C)c(Cl)cc2c1c(C(=O)C(N)=O)c(C)n2C.Cl. The number of benzene rings is 2. The minimum atomic E-state index is -1.05. The van der Waals surface area contributed by atoms with E-state index in [1.165, 1.54) is 12.1 Å². The van der Waals surface area contributed by atoms with Crippen LogP contribution in [0, 0.1) is 19.7 Å². The topological polar surface area (TPSA) is 88.6 Å². The predicted molar refractivity (Wildman–Crippen MR) is 145 cm³/mol. The van der Waals surface area contributed by atoms with Gasteiger partial charge in [-0.2, -0.15) is 0 Å². The third kappa shape index (κ3) is 5.10. The summed E-state index contributed by atoms with van der Waals surface area (Å²) in [7, 11) is 1.77. The molecule has 2 heterocycles. The van der Waals surface area contributed by atoms with Gasteiger partial charge < -0.3 is 15.2 Å². The Morgan fingerprint density at radius 1 is 1.05 bits per heavy atom. The van der Waals surface area contributed by atoms with Crippen LogP contribution in [0.25, 0.3) is 10.9 Å². The van der Waals surface area contributed by atoms with Gasteiger partial charge in [-0.3, -0.25) is 19.3 Å². The highest BCUT2D eigenvalue weighted by molar-refractivity contribution is 6.45. The summed E-state index contributed by atoms with van der Waals surface area (Å²) in [5.41, 5.74) is 8.62. The molecule has 1 aromatic heterocycles. The Bertz CT molecular complexity index is 1390. The molecule has 2 N–H and O–H groups in total. The summed E-state index contributed by atoms with van der Waals surface area (Å²) in [6, 6.07) is 8.07. The zero-order chi connectivity index (χ0) is 26.5. The van der Waals surface area contributed by atoms with Crippen molar-refractivity contribution >= 4 is 52.5 Å². The van der Waals surface area contributed by atoms with Crippen molar-refractivity contribution in [3.63, 3.8) is 0 Å². The molecule has 198 valence electrons. The van der Waals surface area contributed by atoms with Crippen molar-refractivity contribution < 1.29 is 18.8 Å². The van der Waals surface area contributed by atoms with Crippen molar-refractivity contribution in [3.8, 4) is 0 Å². The van der Waals surface area contributed by atoms with Crippen LogP contribution < -0.4 is 5.73 Å². The molecule has 2 aromatic carbocycles. The van der Waals surface area contributed by atoms with Gasteiger partial charge >= 0.3 is 0 Å². The molecule has 2 amide bonds. The number of aromatic nitrogens is 1. The standard InChI is InChI=1S/C27H30ClFN4O3.ClH/c1-14-12-33(15(2)11-32(14)13-18-6-8-19(29)9-7-18)27(36)22-16(3)23-21(10-20(22)28)31(5)17(4)24(23)25(34)26(30)35;/h6-10,14-15H,11-13H2,1-5H3,(H2,30,35);1H/t14-,15+;/m0./s1. The lowest BCUT2D eigenvalue weighted by Gasteiger charge is -2.44. The first-order valence-corrected chi connectivity index (χ1v) is 12.2. The first-order valence-electron chi connectivity index (χ1n) is 11.8. The van der Waals surface area contributed by atoms with E-state index in [1.54, 1.807) is 48.6 Å². The monoisotopic (exact) mass is 548 g/mol. The lowest BCUT2D eigenvalue weighted by atomic mass is 9.96. The normalized spacial score (nSPS) is 18.1. The highest BCUT2D eigenvalue weighted by atomic mass is 35.5. The van der Waals surface area contributed by atoms with E-state index in [0.717, 1.165) is 5.56 Å². The third-order valence-corrected chi connectivity index (χ3v) is 7.62. The molecule has 1 saturated heterocycles. The van der Waals surface area contributed by atoms with Gasteiger partial charge in [0.2, 0.25) is 0 Å². The number of nitrogens with two attached hydrogens (primary N) is 1. The Balaban J connectivity index is 0.00000380. The number of rotatable bonds is 5. The number of hydrogen-bond donors (Lipinski definition) is 1. The Morgan fingerprint density at radius 2 is 1.68 bits per heavy atom. The number of fused-ring (bicyclic) bond motifs is 1. The minimum absolute atomic E-state index is 0. The molecule has 7 nitrogen and oxygen atoms in total. The quantitative estimate of drug-likeness (QED) is 0.377. The van der Waals surface area contributed by atoms with E-state index in [-0.39, 0.29) is 46.8 Å². The number of amides is 2. The van der Waals surface area contributed by atoms with E-state index in [2.05, 4.69) is 11.8 Å². The maximum absolute atomic E-state index is 13.8. The fourth-order valence-electron chi connectivity index (χ4n) is 5.20. The largest absolute Gasteiger partial charge is 0.363 e. The first-order chi connectivity index (χ1) is 16.9. The second-order valence-corrected chi connectivity index (χ2v) is 10.1. The van der Waals surface area contributed by atoms with Crippen molar-refractivity contribution in [1.82, 2.24) is 14.4 Å². The van der Waals surface area contributed by atoms with Crippen LogP contribution in [0.5, 0.6) is 0 Å². The number of carbonyl (C=O) groups excluding carboxylic acids is 3. The predicted octanol–water partition coefficient (Wildman–Crippen LogP) is 4.41. The third-order valence-electron chi connectivity index (χ3n) is 7.32. The molecule has 0 unspecified atom stereocenters. The van der Waals surface area contributed by atoms with Gasteiger partial charge in [0.25, 0.3) is 17.6 Å². The van der Waals surface area contributed by atoms with Crippen LogP contribution in [0.3, 0.4) is 0 Å². The zero-order valence-electron chi connectivity index (χ0n) is 21.5.